The quantitative estimate of drug-likeness (QED) is 0.850. The molecule has 2 N–H and O–H groups in total. The molecule has 1 aromatic rings. The minimum absolute atomic E-state index is 0.0139. The van der Waals surface area contributed by atoms with Crippen LogP contribution < -0.4 is 10.6 Å². The van der Waals surface area contributed by atoms with Gasteiger partial charge < -0.3 is 10.6 Å². The Labute approximate surface area is 107 Å². The van der Waals surface area contributed by atoms with Gasteiger partial charge in [0.15, 0.2) is 0 Å². The molecular formula is C13H17ClN2O. The maximum absolute atomic E-state index is 12.0. The SMILES string of the molecule is O=C(Nc1ccccc1Cl)C1CCCCCN1. The molecule has 17 heavy (non-hydrogen) atoms. The van der Waals surface area contributed by atoms with Gasteiger partial charge in [0, 0.05) is 0 Å². The molecule has 4 heteroatoms. The number of rotatable bonds is 2. The fourth-order valence-electron chi connectivity index (χ4n) is 2.03. The second kappa shape index (κ2) is 6.03. The second-order valence-corrected chi connectivity index (χ2v) is 4.73. The van der Waals surface area contributed by atoms with Crippen molar-refractivity contribution in [2.24, 2.45) is 0 Å². The van der Waals surface area contributed by atoms with Gasteiger partial charge >= 0.3 is 0 Å². The van der Waals surface area contributed by atoms with Crippen molar-refractivity contribution in [2.45, 2.75) is 31.7 Å². The van der Waals surface area contributed by atoms with Gasteiger partial charge in [0.2, 0.25) is 5.91 Å². The minimum atomic E-state index is -0.0891. The van der Waals surface area contributed by atoms with Gasteiger partial charge in [0.05, 0.1) is 16.8 Å². The Balaban J connectivity index is 1.98. The molecule has 1 aromatic carbocycles. The molecule has 0 aromatic heterocycles. The standard InChI is InChI=1S/C13H17ClN2O/c14-10-6-3-4-7-11(10)16-13(17)12-8-2-1-5-9-15-12/h3-4,6-7,12,15H,1-2,5,8-9H2,(H,16,17). The normalized spacial score (nSPS) is 20.6. The Morgan fingerprint density at radius 1 is 1.29 bits per heavy atom. The van der Waals surface area contributed by atoms with Crippen LogP contribution in [-0.4, -0.2) is 18.5 Å². The van der Waals surface area contributed by atoms with Gasteiger partial charge in [0.1, 0.15) is 0 Å². The van der Waals surface area contributed by atoms with Crippen molar-refractivity contribution in [3.8, 4) is 0 Å². The van der Waals surface area contributed by atoms with E-state index in [0.717, 1.165) is 25.8 Å². The molecule has 1 saturated heterocycles. The zero-order valence-electron chi connectivity index (χ0n) is 9.71. The van der Waals surface area contributed by atoms with E-state index in [-0.39, 0.29) is 11.9 Å². The van der Waals surface area contributed by atoms with E-state index in [1.807, 2.05) is 18.2 Å². The van der Waals surface area contributed by atoms with E-state index < -0.39 is 0 Å². The van der Waals surface area contributed by atoms with Crippen molar-refractivity contribution in [1.29, 1.82) is 0 Å². The molecule has 0 saturated carbocycles. The molecule has 1 amide bonds. The van der Waals surface area contributed by atoms with Gasteiger partial charge in [-0.25, -0.2) is 0 Å². The molecule has 1 aliphatic rings. The first-order valence-electron chi connectivity index (χ1n) is 6.06. The van der Waals surface area contributed by atoms with E-state index in [9.17, 15) is 4.79 Å². The zero-order chi connectivity index (χ0) is 12.1. The van der Waals surface area contributed by atoms with E-state index in [0.29, 0.717) is 10.7 Å². The lowest BCUT2D eigenvalue weighted by atomic mass is 10.1. The Kier molecular flexibility index (Phi) is 4.40. The molecule has 1 heterocycles. The summed E-state index contributed by atoms with van der Waals surface area (Å²) in [6, 6.07) is 7.21. The fourth-order valence-corrected chi connectivity index (χ4v) is 2.22. The van der Waals surface area contributed by atoms with E-state index >= 15 is 0 Å². The molecule has 92 valence electrons. The van der Waals surface area contributed by atoms with E-state index in [4.69, 9.17) is 11.6 Å². The number of nitrogens with one attached hydrogen (secondary N) is 2. The highest BCUT2D eigenvalue weighted by molar-refractivity contribution is 6.33. The summed E-state index contributed by atoms with van der Waals surface area (Å²) in [5.41, 5.74) is 0.685. The van der Waals surface area contributed by atoms with Crippen LogP contribution >= 0.6 is 11.6 Å². The van der Waals surface area contributed by atoms with Crippen LogP contribution in [0.15, 0.2) is 24.3 Å². The number of carbonyl (C=O) groups is 1. The lowest BCUT2D eigenvalue weighted by molar-refractivity contribution is -0.118. The lowest BCUT2D eigenvalue weighted by Gasteiger charge is -2.16. The van der Waals surface area contributed by atoms with Crippen LogP contribution in [0.4, 0.5) is 5.69 Å². The molecule has 3 nitrogen and oxygen atoms in total. The van der Waals surface area contributed by atoms with Crippen molar-refractivity contribution in [1.82, 2.24) is 5.32 Å². The number of carbonyl (C=O) groups excluding carboxylic acids is 1. The van der Waals surface area contributed by atoms with Crippen molar-refractivity contribution in [3.63, 3.8) is 0 Å². The van der Waals surface area contributed by atoms with Crippen LogP contribution in [0.3, 0.4) is 0 Å². The predicted octanol–water partition coefficient (Wildman–Crippen LogP) is 2.81. The minimum Gasteiger partial charge on any atom is -0.323 e. The summed E-state index contributed by atoms with van der Waals surface area (Å²) in [7, 11) is 0. The summed E-state index contributed by atoms with van der Waals surface area (Å²) in [5.74, 6) is 0.0139. The van der Waals surface area contributed by atoms with Crippen molar-refractivity contribution < 1.29 is 4.79 Å². The average Bonchev–Trinajstić information content (AvgIpc) is 2.61. The molecule has 1 unspecified atom stereocenters. The second-order valence-electron chi connectivity index (χ2n) is 4.33. The van der Waals surface area contributed by atoms with Gasteiger partial charge in [0.25, 0.3) is 0 Å². The summed E-state index contributed by atoms with van der Waals surface area (Å²) in [5, 5.41) is 6.72. The van der Waals surface area contributed by atoms with Crippen molar-refractivity contribution in [3.05, 3.63) is 29.3 Å². The summed E-state index contributed by atoms with van der Waals surface area (Å²) >= 11 is 6.00. The van der Waals surface area contributed by atoms with Gasteiger partial charge in [-0.2, -0.15) is 0 Å². The van der Waals surface area contributed by atoms with Gasteiger partial charge in [-0.3, -0.25) is 4.79 Å². The number of benzene rings is 1. The lowest BCUT2D eigenvalue weighted by Crippen LogP contribution is -2.39. The monoisotopic (exact) mass is 252 g/mol. The van der Waals surface area contributed by atoms with E-state index in [1.165, 1.54) is 6.42 Å². The topological polar surface area (TPSA) is 41.1 Å². The molecule has 1 fully saturated rings. The Morgan fingerprint density at radius 3 is 2.94 bits per heavy atom. The Morgan fingerprint density at radius 2 is 2.12 bits per heavy atom. The maximum atomic E-state index is 12.0. The Hall–Kier alpha value is -1.06. The molecule has 1 atom stereocenters. The van der Waals surface area contributed by atoms with Gasteiger partial charge in [-0.05, 0) is 31.5 Å². The largest absolute Gasteiger partial charge is 0.323 e. The first-order valence-corrected chi connectivity index (χ1v) is 6.44. The summed E-state index contributed by atoms with van der Waals surface area (Å²) in [6.07, 6.45) is 4.35. The van der Waals surface area contributed by atoms with Crippen LogP contribution in [0.25, 0.3) is 0 Å². The number of halogens is 1. The third kappa shape index (κ3) is 3.45. The first-order chi connectivity index (χ1) is 8.27. The number of anilines is 1. The highest BCUT2D eigenvalue weighted by Gasteiger charge is 2.19. The highest BCUT2D eigenvalue weighted by Crippen LogP contribution is 2.21. The summed E-state index contributed by atoms with van der Waals surface area (Å²) in [6.45, 7) is 0.917. The number of amides is 1. The van der Waals surface area contributed by atoms with Crippen LogP contribution in [0.5, 0.6) is 0 Å². The number of para-hydroxylation sites is 1. The van der Waals surface area contributed by atoms with Gasteiger partial charge in [-0.15, -0.1) is 0 Å². The van der Waals surface area contributed by atoms with Crippen molar-refractivity contribution >= 4 is 23.2 Å². The molecule has 0 spiro atoms. The third-order valence-electron chi connectivity index (χ3n) is 3.01. The highest BCUT2D eigenvalue weighted by atomic mass is 35.5. The smallest absolute Gasteiger partial charge is 0.241 e. The van der Waals surface area contributed by atoms with Crippen molar-refractivity contribution in [2.75, 3.05) is 11.9 Å². The molecule has 1 aliphatic heterocycles. The fraction of sp³-hybridized carbons (Fsp3) is 0.462. The molecule has 2 rings (SSSR count). The van der Waals surface area contributed by atoms with Crippen LogP contribution in [0.1, 0.15) is 25.7 Å². The molecule has 0 bridgehead atoms. The average molecular weight is 253 g/mol. The first kappa shape index (κ1) is 12.4. The molecular weight excluding hydrogens is 236 g/mol. The van der Waals surface area contributed by atoms with Crippen LogP contribution in [-0.2, 0) is 4.79 Å². The Bertz CT molecular complexity index is 387. The van der Waals surface area contributed by atoms with E-state index in [1.54, 1.807) is 6.07 Å². The van der Waals surface area contributed by atoms with E-state index in [2.05, 4.69) is 10.6 Å². The molecule has 0 radical (unpaired) electrons. The number of hydrogen-bond donors (Lipinski definition) is 2. The zero-order valence-corrected chi connectivity index (χ0v) is 10.5. The van der Waals surface area contributed by atoms with Crippen LogP contribution in [0.2, 0.25) is 5.02 Å². The van der Waals surface area contributed by atoms with Crippen LogP contribution in [0, 0.1) is 0 Å². The predicted molar refractivity (Wildman–Crippen MR) is 70.3 cm³/mol. The summed E-state index contributed by atoms with van der Waals surface area (Å²) in [4.78, 5) is 12.0. The number of hydrogen-bond acceptors (Lipinski definition) is 2. The maximum Gasteiger partial charge on any atom is 0.241 e. The third-order valence-corrected chi connectivity index (χ3v) is 3.34. The molecule has 0 aliphatic carbocycles. The summed E-state index contributed by atoms with van der Waals surface area (Å²) < 4.78 is 0. The van der Waals surface area contributed by atoms with Gasteiger partial charge in [-0.1, -0.05) is 36.6 Å².